The summed E-state index contributed by atoms with van der Waals surface area (Å²) in [5.74, 6) is -1.64. The molecule has 2 saturated heterocycles. The van der Waals surface area contributed by atoms with Crippen molar-refractivity contribution in [3.05, 3.63) is 24.3 Å². The zero-order valence-electron chi connectivity index (χ0n) is 33.6. The quantitative estimate of drug-likeness (QED) is 0.106. The highest BCUT2D eigenvalue weighted by atomic mass is 28.4. The largest absolute Gasteiger partial charge is 0.411 e. The van der Waals surface area contributed by atoms with E-state index >= 15 is 0 Å². The lowest BCUT2D eigenvalue weighted by molar-refractivity contribution is -0.379. The summed E-state index contributed by atoms with van der Waals surface area (Å²) in [4.78, 5) is 0. The molecule has 0 amide bonds. The minimum atomic E-state index is -2.32. The first-order valence-corrected chi connectivity index (χ1v) is 24.2. The Labute approximate surface area is 304 Å². The molecule has 0 aromatic heterocycles. The van der Waals surface area contributed by atoms with Gasteiger partial charge in [0.15, 0.2) is 28.7 Å². The number of aliphatic hydroxyl groups is 2. The number of ether oxygens (including phenoxy) is 6. The third-order valence-corrected chi connectivity index (χ3v) is 22.6. The molecule has 4 aliphatic rings. The molecule has 10 nitrogen and oxygen atoms in total. The predicted octanol–water partition coefficient (Wildman–Crippen LogP) is 6.78. The molecule has 290 valence electrons. The first kappa shape index (κ1) is 42.3. The molecule has 2 saturated carbocycles. The molecule has 2 N–H and O–H groups in total. The van der Waals surface area contributed by atoms with Crippen LogP contribution in [0.1, 0.15) is 75.7 Å². The zero-order valence-corrected chi connectivity index (χ0v) is 35.6. The van der Waals surface area contributed by atoms with E-state index in [-0.39, 0.29) is 48.9 Å². The van der Waals surface area contributed by atoms with Gasteiger partial charge in [-0.15, -0.1) is 6.58 Å². The van der Waals surface area contributed by atoms with Gasteiger partial charge in [-0.25, -0.2) is 0 Å². The lowest BCUT2D eigenvalue weighted by Crippen LogP contribution is -2.79. The molecule has 4 fully saturated rings. The van der Waals surface area contributed by atoms with E-state index in [0.29, 0.717) is 12.0 Å². The topological polar surface area (TPSA) is 114 Å². The van der Waals surface area contributed by atoms with E-state index in [0.717, 1.165) is 18.1 Å². The van der Waals surface area contributed by atoms with E-state index in [1.54, 1.807) is 14.2 Å². The summed E-state index contributed by atoms with van der Waals surface area (Å²) >= 11 is 0. The van der Waals surface area contributed by atoms with Gasteiger partial charge in [-0.2, -0.15) is 0 Å². The van der Waals surface area contributed by atoms with Gasteiger partial charge >= 0.3 is 0 Å². The fraction of sp³-hybridized carbons (Fsp3) is 0.895. The van der Waals surface area contributed by atoms with Gasteiger partial charge in [0.1, 0.15) is 19.0 Å². The van der Waals surface area contributed by atoms with Gasteiger partial charge in [-0.05, 0) is 69.5 Å². The summed E-state index contributed by atoms with van der Waals surface area (Å²) < 4.78 is 50.9. The van der Waals surface area contributed by atoms with Crippen molar-refractivity contribution in [1.29, 1.82) is 0 Å². The summed E-state index contributed by atoms with van der Waals surface area (Å²) in [6.45, 7) is 30.3. The monoisotopic (exact) mass is 742 g/mol. The van der Waals surface area contributed by atoms with E-state index in [2.05, 4.69) is 68.1 Å². The highest BCUT2D eigenvalue weighted by molar-refractivity contribution is 6.74. The smallest absolute Gasteiger partial charge is 0.192 e. The molecule has 12 heteroatoms. The standard InChI is InChI=1S/C38H70O10Si2/c1-16-26-30(46-33(42-13)31(26)47-50(17-2,18-3)19-4)29(39)25(5)20-38(40)32-28(37(38)22-44-35(9,10)45-23-37)27(43-24-41-12)21-36(32,11)48-49(14,15)34(6,7)8/h16,20,26-33,39-40H,1,17-19,21-24H2,2-15H3/b25-20-/t26-,27+,28+,29+,30+,31-,32+,33-,36+,38+/m1/s1. The van der Waals surface area contributed by atoms with Crippen molar-refractivity contribution < 1.29 is 47.5 Å². The van der Waals surface area contributed by atoms with Crippen LogP contribution < -0.4 is 0 Å². The van der Waals surface area contributed by atoms with Crippen molar-refractivity contribution in [2.45, 2.75) is 160 Å². The highest BCUT2D eigenvalue weighted by Gasteiger charge is 2.81. The highest BCUT2D eigenvalue weighted by Crippen LogP contribution is 2.72. The molecule has 0 bridgehead atoms. The van der Waals surface area contributed by atoms with Crippen LogP contribution in [0.3, 0.4) is 0 Å². The van der Waals surface area contributed by atoms with E-state index in [9.17, 15) is 10.2 Å². The van der Waals surface area contributed by atoms with E-state index in [1.807, 2.05) is 32.9 Å². The average molecular weight is 743 g/mol. The number of methoxy groups -OCH3 is 2. The van der Waals surface area contributed by atoms with Gasteiger partial charge in [0.2, 0.25) is 0 Å². The van der Waals surface area contributed by atoms with Gasteiger partial charge in [0.25, 0.3) is 0 Å². The Bertz CT molecular complexity index is 1200. The van der Waals surface area contributed by atoms with Gasteiger partial charge in [-0.1, -0.05) is 53.7 Å². The van der Waals surface area contributed by atoms with Crippen LogP contribution in [-0.4, -0.2) is 109 Å². The van der Waals surface area contributed by atoms with Crippen molar-refractivity contribution in [2.75, 3.05) is 34.2 Å². The van der Waals surface area contributed by atoms with Crippen LogP contribution in [0, 0.1) is 23.2 Å². The Morgan fingerprint density at radius 2 is 1.62 bits per heavy atom. The van der Waals surface area contributed by atoms with E-state index < -0.39 is 63.6 Å². The Balaban J connectivity index is 1.78. The number of rotatable bonds is 15. The van der Waals surface area contributed by atoms with Crippen molar-refractivity contribution in [1.82, 2.24) is 0 Å². The van der Waals surface area contributed by atoms with E-state index in [1.165, 1.54) is 0 Å². The summed E-state index contributed by atoms with van der Waals surface area (Å²) in [6, 6.07) is 2.94. The Morgan fingerprint density at radius 1 is 1.04 bits per heavy atom. The molecule has 10 atom stereocenters. The first-order chi connectivity index (χ1) is 23.1. The van der Waals surface area contributed by atoms with Gasteiger partial charge < -0.3 is 47.5 Å². The minimum absolute atomic E-state index is 0.0522. The molecular formula is C38H70O10Si2. The van der Waals surface area contributed by atoms with Crippen molar-refractivity contribution >= 4 is 16.6 Å². The van der Waals surface area contributed by atoms with Crippen LogP contribution in [0.15, 0.2) is 24.3 Å². The molecule has 2 aliphatic carbocycles. The summed E-state index contributed by atoms with van der Waals surface area (Å²) in [6.07, 6.45) is 1.20. The summed E-state index contributed by atoms with van der Waals surface area (Å²) in [5, 5.41) is 25.4. The second-order valence-corrected chi connectivity index (χ2v) is 27.1. The van der Waals surface area contributed by atoms with Crippen LogP contribution in [0.4, 0.5) is 0 Å². The number of hydrogen-bond donors (Lipinski definition) is 2. The SMILES string of the molecule is C=C[C@H]1[C@@H](O[Si](CC)(CC)CC)[C@H](OC)O[C@@H]1[C@@H](O)/C(C)=C\[C@]1(O)[C@H]2[C@H]([C@@H](OCOC)C[C@]2(C)O[Si](C)(C)C(C)(C)C)C12COC(C)(C)OC2. The maximum atomic E-state index is 13.3. The normalized spacial score (nSPS) is 37.8. The van der Waals surface area contributed by atoms with E-state index in [4.69, 9.17) is 37.3 Å². The Kier molecular flexibility index (Phi) is 12.7. The fourth-order valence-corrected chi connectivity index (χ4v) is 13.7. The number of fused-ring (bicyclic) bond motifs is 2. The predicted molar refractivity (Wildman–Crippen MR) is 200 cm³/mol. The molecule has 50 heavy (non-hydrogen) atoms. The van der Waals surface area contributed by atoms with Crippen molar-refractivity contribution in [2.24, 2.45) is 23.2 Å². The van der Waals surface area contributed by atoms with Crippen LogP contribution in [0.5, 0.6) is 0 Å². The van der Waals surface area contributed by atoms with Gasteiger partial charge in [0, 0.05) is 38.4 Å². The van der Waals surface area contributed by atoms with Crippen molar-refractivity contribution in [3.8, 4) is 0 Å². The molecule has 4 rings (SSSR count). The molecule has 0 aromatic rings. The van der Waals surface area contributed by atoms with Crippen LogP contribution in [0.2, 0.25) is 36.3 Å². The third-order valence-electron chi connectivity index (χ3n) is 13.4. The number of hydrogen-bond acceptors (Lipinski definition) is 10. The Hall–Kier alpha value is -0.486. The molecule has 2 heterocycles. The van der Waals surface area contributed by atoms with Crippen molar-refractivity contribution in [3.63, 3.8) is 0 Å². The van der Waals surface area contributed by atoms with Gasteiger partial charge in [-0.3, -0.25) is 0 Å². The molecule has 1 spiro atoms. The summed E-state index contributed by atoms with van der Waals surface area (Å²) in [5.41, 5.74) is -2.47. The molecule has 0 aromatic carbocycles. The fourth-order valence-electron chi connectivity index (χ4n) is 9.20. The van der Waals surface area contributed by atoms with Gasteiger partial charge in [0.05, 0.1) is 42.0 Å². The molecule has 0 unspecified atom stereocenters. The Morgan fingerprint density at radius 3 is 2.10 bits per heavy atom. The lowest BCUT2D eigenvalue weighted by atomic mass is 9.42. The molecule has 0 radical (unpaired) electrons. The van der Waals surface area contributed by atoms with Crippen LogP contribution in [0.25, 0.3) is 0 Å². The first-order valence-electron chi connectivity index (χ1n) is 18.8. The van der Waals surface area contributed by atoms with Crippen LogP contribution >= 0.6 is 0 Å². The third kappa shape index (κ3) is 7.20. The lowest BCUT2D eigenvalue weighted by Gasteiger charge is -2.69. The maximum absolute atomic E-state index is 13.3. The minimum Gasteiger partial charge on any atom is -0.411 e. The molecular weight excluding hydrogens is 673 g/mol. The van der Waals surface area contributed by atoms with Crippen LogP contribution in [-0.2, 0) is 37.3 Å². The second kappa shape index (κ2) is 15.0. The number of aliphatic hydroxyl groups excluding tert-OH is 1. The summed E-state index contributed by atoms with van der Waals surface area (Å²) in [7, 11) is -1.13. The zero-order chi connectivity index (χ0) is 37.7. The molecule has 2 aliphatic heterocycles. The average Bonchev–Trinajstić information content (AvgIpc) is 3.53. The maximum Gasteiger partial charge on any atom is 0.192 e. The second-order valence-electron chi connectivity index (χ2n) is 17.6.